The summed E-state index contributed by atoms with van der Waals surface area (Å²) in [5, 5.41) is 89.9. The number of hydrogen-bond acceptors (Lipinski definition) is 20. The third kappa shape index (κ3) is 23.2. The maximum Gasteiger partial charge on any atom is 0.326 e. The topological polar surface area (TPSA) is 569 Å². The van der Waals surface area contributed by atoms with Crippen molar-refractivity contribution in [3.8, 4) is 0 Å². The van der Waals surface area contributed by atoms with E-state index in [1.165, 1.54) is 4.90 Å². The van der Waals surface area contributed by atoms with E-state index in [-0.39, 0.29) is 70.0 Å². The van der Waals surface area contributed by atoms with E-state index in [1.807, 2.05) is 0 Å². The van der Waals surface area contributed by atoms with Gasteiger partial charge in [-0.25, -0.2) is 4.79 Å². The van der Waals surface area contributed by atoms with E-state index in [4.69, 9.17) is 17.2 Å². The molecule has 0 bridgehead atoms. The largest absolute Gasteiger partial charge is 0.481 e. The summed E-state index contributed by atoms with van der Waals surface area (Å²) in [6.07, 6.45) is -0.105. The van der Waals surface area contributed by atoms with E-state index in [0.717, 1.165) is 11.8 Å². The molecule has 0 unspecified atom stereocenters. The lowest BCUT2D eigenvalue weighted by atomic mass is 9.97. The number of amides is 11. The van der Waals surface area contributed by atoms with Gasteiger partial charge in [0.1, 0.15) is 72.5 Å². The average molecular weight is 1230 g/mol. The van der Waals surface area contributed by atoms with E-state index in [1.54, 1.807) is 27.7 Å². The summed E-state index contributed by atoms with van der Waals surface area (Å²) in [5.74, 6) is -14.8. The molecule has 486 valence electrons. The number of hydrogen-bond donors (Lipinski definition) is 19. The highest BCUT2D eigenvalue weighted by Gasteiger charge is 2.43. The zero-order valence-corrected chi connectivity index (χ0v) is 48.8. The summed E-state index contributed by atoms with van der Waals surface area (Å²) in [5.41, 5.74) is 16.2. The standard InChI is InChI=1S/C51H87N15O20/c1-6-25(4)38(64-40(75)27(52)19-67)49(84)66-17-9-12-36(66)47(82)62-33(22-70)43(78)57-28(13-14-37(72)73)41(76)56-26(5)39(74)60-31(20-68)44(79)59-30(18-24(2)3)42(77)61-32(21-69)45(80)63-34(23-71)48(83)65-16-8-11-35(65)46(81)58-29(50(85)86)10-7-15-55-51(53)54/h24-36,38,67-71H,6-23,52H2,1-5H3,(H,56,76)(H,57,78)(H,58,81)(H,59,79)(H,60,74)(H,61,77)(H,62,82)(H,63,80)(H,64,75)(H,72,73)(H,85,86)(H4,53,54,55)/t25-,26-,27-,28-,29-,30-,31-,32-,33-,34-,35-,36-,38-/m0/s1. The Balaban J connectivity index is 2.15. The van der Waals surface area contributed by atoms with Gasteiger partial charge in [0.15, 0.2) is 5.96 Å². The Kier molecular flexibility index (Phi) is 31.8. The number of rotatable bonds is 37. The number of aliphatic imine (C=N–C) groups is 1. The van der Waals surface area contributed by atoms with Gasteiger partial charge in [0.05, 0.1) is 33.0 Å². The minimum atomic E-state index is -1.83. The van der Waals surface area contributed by atoms with Crippen molar-refractivity contribution in [2.45, 2.75) is 171 Å². The second-order valence-corrected chi connectivity index (χ2v) is 21.3. The predicted octanol–water partition coefficient (Wildman–Crippen LogP) is -9.26. The van der Waals surface area contributed by atoms with Crippen molar-refractivity contribution in [1.82, 2.24) is 57.7 Å². The van der Waals surface area contributed by atoms with Gasteiger partial charge < -0.3 is 111 Å². The number of carbonyl (C=O) groups excluding carboxylic acids is 11. The summed E-state index contributed by atoms with van der Waals surface area (Å²) < 4.78 is 0. The molecular formula is C51H87N15O20. The fourth-order valence-electron chi connectivity index (χ4n) is 9.08. The first-order valence-corrected chi connectivity index (χ1v) is 28.1. The van der Waals surface area contributed by atoms with E-state index in [9.17, 15) is 98.1 Å². The van der Waals surface area contributed by atoms with Crippen LogP contribution in [0.15, 0.2) is 4.99 Å². The van der Waals surface area contributed by atoms with Crippen molar-refractivity contribution in [2.75, 3.05) is 52.7 Å². The summed E-state index contributed by atoms with van der Waals surface area (Å²) >= 11 is 0. The van der Waals surface area contributed by atoms with E-state index < -0.39 is 201 Å². The van der Waals surface area contributed by atoms with E-state index in [2.05, 4.69) is 52.8 Å². The van der Waals surface area contributed by atoms with Gasteiger partial charge in [-0.15, -0.1) is 0 Å². The summed E-state index contributed by atoms with van der Waals surface area (Å²) in [7, 11) is 0. The Hall–Kier alpha value is -7.86. The molecule has 2 saturated heterocycles. The van der Waals surface area contributed by atoms with Gasteiger partial charge in [-0.1, -0.05) is 34.1 Å². The fraction of sp³-hybridized carbons (Fsp3) is 0.725. The van der Waals surface area contributed by atoms with Crippen LogP contribution in [0.5, 0.6) is 0 Å². The highest BCUT2D eigenvalue weighted by Crippen LogP contribution is 2.23. The van der Waals surface area contributed by atoms with Crippen LogP contribution in [0, 0.1) is 11.8 Å². The molecule has 13 atom stereocenters. The number of carboxylic acids is 2. The molecule has 22 N–H and O–H groups in total. The molecule has 11 amide bonds. The van der Waals surface area contributed by atoms with Crippen LogP contribution < -0.4 is 65.1 Å². The SMILES string of the molecule is CC[C@H](C)[C@H](NC(=O)[C@@H](N)CO)C(=O)N1CCC[C@H]1C(=O)N[C@@H](CO)C(=O)N[C@@H](CCC(=O)O)C(=O)N[C@@H](C)C(=O)N[C@@H](CO)C(=O)N[C@@H](CC(C)C)C(=O)N[C@@H](CO)C(=O)N[C@@H](CO)C(=O)N1CCC[C@H]1C(=O)N[C@@H](CCCN=C(N)N)C(=O)O. The number of guanidine groups is 1. The number of nitrogens with one attached hydrogen (secondary N) is 9. The lowest BCUT2D eigenvalue weighted by Gasteiger charge is -2.32. The molecule has 0 saturated carbocycles. The van der Waals surface area contributed by atoms with Gasteiger partial charge in [0, 0.05) is 26.1 Å². The molecule has 0 aromatic rings. The third-order valence-corrected chi connectivity index (χ3v) is 14.2. The lowest BCUT2D eigenvalue weighted by Crippen LogP contribution is -2.61. The summed E-state index contributed by atoms with van der Waals surface area (Å²) in [4.78, 5) is 178. The van der Waals surface area contributed by atoms with Crippen LogP contribution in [0.3, 0.4) is 0 Å². The van der Waals surface area contributed by atoms with Crippen LogP contribution >= 0.6 is 0 Å². The quantitative estimate of drug-likeness (QED) is 0.0156. The molecule has 2 aliphatic rings. The zero-order chi connectivity index (χ0) is 65.1. The molecule has 0 spiro atoms. The normalized spacial score (nSPS) is 18.6. The number of likely N-dealkylation sites (tertiary alicyclic amines) is 2. The smallest absolute Gasteiger partial charge is 0.326 e. The number of carbonyl (C=O) groups is 13. The van der Waals surface area contributed by atoms with Crippen LogP contribution in [-0.2, 0) is 62.3 Å². The molecule has 2 rings (SSSR count). The number of nitrogens with zero attached hydrogens (tertiary/aromatic N) is 3. The first-order chi connectivity index (χ1) is 40.5. The van der Waals surface area contributed by atoms with Crippen LogP contribution in [0.1, 0.15) is 98.8 Å². The van der Waals surface area contributed by atoms with Crippen molar-refractivity contribution in [3.63, 3.8) is 0 Å². The van der Waals surface area contributed by atoms with Gasteiger partial charge >= 0.3 is 11.9 Å². The van der Waals surface area contributed by atoms with Crippen molar-refractivity contribution < 1.29 is 98.1 Å². The number of aliphatic hydroxyl groups is 5. The molecule has 0 aliphatic carbocycles. The minimum Gasteiger partial charge on any atom is -0.481 e. The lowest BCUT2D eigenvalue weighted by molar-refractivity contribution is -0.145. The first kappa shape index (κ1) is 74.2. The molecule has 35 heteroatoms. The Labute approximate surface area is 495 Å². The zero-order valence-electron chi connectivity index (χ0n) is 48.8. The van der Waals surface area contributed by atoms with Crippen molar-refractivity contribution >= 4 is 82.9 Å². The predicted molar refractivity (Wildman–Crippen MR) is 299 cm³/mol. The molecule has 0 radical (unpaired) electrons. The molecule has 86 heavy (non-hydrogen) atoms. The van der Waals surface area contributed by atoms with Gasteiger partial charge in [0.25, 0.3) is 0 Å². The summed E-state index contributed by atoms with van der Waals surface area (Å²) in [6, 6.07) is -18.3. The average Bonchev–Trinajstić information content (AvgIpc) is 3.47. The molecular weight excluding hydrogens is 1140 g/mol. The van der Waals surface area contributed by atoms with Gasteiger partial charge in [-0.05, 0) is 70.1 Å². The van der Waals surface area contributed by atoms with E-state index in [0.29, 0.717) is 12.8 Å². The minimum absolute atomic E-state index is 0.0266. The monoisotopic (exact) mass is 1230 g/mol. The highest BCUT2D eigenvalue weighted by molar-refractivity contribution is 5.99. The van der Waals surface area contributed by atoms with Crippen LogP contribution in [0.2, 0.25) is 0 Å². The summed E-state index contributed by atoms with van der Waals surface area (Å²) in [6.45, 7) is 3.00. The van der Waals surface area contributed by atoms with Crippen LogP contribution in [-0.4, -0.2) is 254 Å². The van der Waals surface area contributed by atoms with Crippen molar-refractivity contribution in [3.05, 3.63) is 0 Å². The fourth-order valence-corrected chi connectivity index (χ4v) is 9.08. The second kappa shape index (κ2) is 36.9. The maximum absolute atomic E-state index is 13.8. The molecule has 0 aromatic heterocycles. The van der Waals surface area contributed by atoms with Gasteiger partial charge in [0.2, 0.25) is 65.0 Å². The number of carboxylic acid groups (broad SMARTS) is 2. The Morgan fingerprint density at radius 1 is 0.523 bits per heavy atom. The Morgan fingerprint density at radius 2 is 0.965 bits per heavy atom. The number of nitrogens with two attached hydrogens (primary N) is 3. The molecule has 35 nitrogen and oxygen atoms in total. The molecule has 2 aliphatic heterocycles. The Morgan fingerprint density at radius 3 is 1.43 bits per heavy atom. The van der Waals surface area contributed by atoms with Crippen LogP contribution in [0.25, 0.3) is 0 Å². The second-order valence-electron chi connectivity index (χ2n) is 21.3. The highest BCUT2D eigenvalue weighted by atomic mass is 16.4. The van der Waals surface area contributed by atoms with E-state index >= 15 is 0 Å². The number of aliphatic hydroxyl groups excluding tert-OH is 5. The third-order valence-electron chi connectivity index (χ3n) is 14.2. The molecule has 2 heterocycles. The van der Waals surface area contributed by atoms with Crippen molar-refractivity contribution in [2.24, 2.45) is 34.0 Å². The number of aliphatic carboxylic acids is 2. The van der Waals surface area contributed by atoms with Gasteiger partial charge in [-0.2, -0.15) is 0 Å². The van der Waals surface area contributed by atoms with Gasteiger partial charge in [-0.3, -0.25) is 62.5 Å². The first-order valence-electron chi connectivity index (χ1n) is 28.1. The maximum atomic E-state index is 13.8. The Bertz CT molecular complexity index is 2410. The van der Waals surface area contributed by atoms with Crippen molar-refractivity contribution in [1.29, 1.82) is 0 Å². The molecule has 2 fully saturated rings. The van der Waals surface area contributed by atoms with Crippen LogP contribution in [0.4, 0.5) is 0 Å². The molecule has 0 aromatic carbocycles.